The maximum absolute atomic E-state index is 12.0. The maximum atomic E-state index is 12.0. The molecule has 1 aromatic heterocycles. The normalized spacial score (nSPS) is 10.5. The fourth-order valence-corrected chi connectivity index (χ4v) is 2.37. The molecule has 3 rings (SSSR count). The summed E-state index contributed by atoms with van der Waals surface area (Å²) in [5.41, 5.74) is 2.33. The Hall–Kier alpha value is -2.39. The molecule has 0 aliphatic carbocycles. The zero-order chi connectivity index (χ0) is 14.7. The van der Waals surface area contributed by atoms with Crippen LogP contribution in [-0.2, 0) is 6.54 Å². The predicted octanol–water partition coefficient (Wildman–Crippen LogP) is 3.61. The van der Waals surface area contributed by atoms with Crippen LogP contribution in [0.3, 0.4) is 0 Å². The number of rotatable bonds is 3. The molecular weight excluding hydrogens is 284 g/mol. The van der Waals surface area contributed by atoms with Crippen molar-refractivity contribution in [1.29, 1.82) is 0 Å². The molecule has 0 fully saturated rings. The highest BCUT2D eigenvalue weighted by molar-refractivity contribution is 6.32. The molecule has 4 heteroatoms. The Kier molecular flexibility index (Phi) is 3.84. The van der Waals surface area contributed by atoms with E-state index in [-0.39, 0.29) is 5.56 Å². The number of hydrogen-bond acceptors (Lipinski definition) is 2. The summed E-state index contributed by atoms with van der Waals surface area (Å²) in [5, 5.41) is 4.78. The molecule has 1 heterocycles. The average molecular weight is 297 g/mol. The molecule has 0 atom stereocenters. The smallest absolute Gasteiger partial charge is 0.268 e. The van der Waals surface area contributed by atoms with Crippen LogP contribution >= 0.6 is 11.6 Å². The Bertz CT molecular complexity index is 798. The van der Waals surface area contributed by atoms with Crippen molar-refractivity contribution in [3.8, 4) is 11.3 Å². The first-order chi connectivity index (χ1) is 10.2. The van der Waals surface area contributed by atoms with E-state index >= 15 is 0 Å². The molecule has 21 heavy (non-hydrogen) atoms. The van der Waals surface area contributed by atoms with Gasteiger partial charge in [0, 0.05) is 11.6 Å². The first-order valence-corrected chi connectivity index (χ1v) is 6.99. The SMILES string of the molecule is O=c1cc(Cl)c(-c2ccccc2)nn1Cc1ccccc1. The van der Waals surface area contributed by atoms with Crippen LogP contribution in [0.15, 0.2) is 71.5 Å². The molecule has 0 radical (unpaired) electrons. The van der Waals surface area contributed by atoms with Crippen molar-refractivity contribution in [2.75, 3.05) is 0 Å². The largest absolute Gasteiger partial charge is 0.268 e. The van der Waals surface area contributed by atoms with E-state index in [4.69, 9.17) is 11.6 Å². The predicted molar refractivity (Wildman–Crippen MR) is 84.5 cm³/mol. The molecule has 2 aromatic carbocycles. The minimum atomic E-state index is -0.205. The third-order valence-electron chi connectivity index (χ3n) is 3.17. The topological polar surface area (TPSA) is 34.9 Å². The van der Waals surface area contributed by atoms with Gasteiger partial charge in [-0.1, -0.05) is 72.3 Å². The Labute approximate surface area is 127 Å². The molecule has 3 aromatic rings. The fourth-order valence-electron chi connectivity index (χ4n) is 2.13. The minimum Gasteiger partial charge on any atom is -0.268 e. The van der Waals surface area contributed by atoms with Crippen molar-refractivity contribution >= 4 is 11.6 Å². The monoisotopic (exact) mass is 296 g/mol. The Morgan fingerprint density at radius 3 is 2.24 bits per heavy atom. The summed E-state index contributed by atoms with van der Waals surface area (Å²) in [6.45, 7) is 0.427. The summed E-state index contributed by atoms with van der Waals surface area (Å²) in [6, 6.07) is 20.8. The highest BCUT2D eigenvalue weighted by atomic mass is 35.5. The summed E-state index contributed by atoms with van der Waals surface area (Å²) >= 11 is 6.16. The zero-order valence-corrected chi connectivity index (χ0v) is 12.0. The first-order valence-electron chi connectivity index (χ1n) is 6.61. The average Bonchev–Trinajstić information content (AvgIpc) is 2.52. The van der Waals surface area contributed by atoms with Gasteiger partial charge < -0.3 is 0 Å². The van der Waals surface area contributed by atoms with E-state index in [9.17, 15) is 4.79 Å². The van der Waals surface area contributed by atoms with Crippen LogP contribution in [0.2, 0.25) is 5.02 Å². The van der Waals surface area contributed by atoms with Gasteiger partial charge in [0.05, 0.1) is 11.6 Å². The number of halogens is 1. The van der Waals surface area contributed by atoms with Crippen molar-refractivity contribution in [2.45, 2.75) is 6.54 Å². The second-order valence-corrected chi connectivity index (χ2v) is 5.10. The van der Waals surface area contributed by atoms with Gasteiger partial charge in [-0.2, -0.15) is 5.10 Å². The number of nitrogens with zero attached hydrogens (tertiary/aromatic N) is 2. The molecule has 104 valence electrons. The van der Waals surface area contributed by atoms with Crippen LogP contribution in [0.1, 0.15) is 5.56 Å². The zero-order valence-electron chi connectivity index (χ0n) is 11.2. The molecule has 0 saturated heterocycles. The third kappa shape index (κ3) is 3.03. The summed E-state index contributed by atoms with van der Waals surface area (Å²) in [5.74, 6) is 0. The molecule has 0 saturated carbocycles. The lowest BCUT2D eigenvalue weighted by atomic mass is 10.1. The van der Waals surface area contributed by atoms with E-state index in [1.807, 2.05) is 60.7 Å². The first kappa shape index (κ1) is 13.6. The Morgan fingerprint density at radius 1 is 0.952 bits per heavy atom. The van der Waals surface area contributed by atoms with Gasteiger partial charge in [-0.25, -0.2) is 4.68 Å². The number of aromatic nitrogens is 2. The summed E-state index contributed by atoms with van der Waals surface area (Å²) in [4.78, 5) is 12.0. The molecule has 0 bridgehead atoms. The quantitative estimate of drug-likeness (QED) is 0.740. The van der Waals surface area contributed by atoms with Crippen molar-refractivity contribution < 1.29 is 0 Å². The van der Waals surface area contributed by atoms with E-state index in [0.717, 1.165) is 11.1 Å². The highest BCUT2D eigenvalue weighted by Crippen LogP contribution is 2.23. The molecule has 0 spiro atoms. The van der Waals surface area contributed by atoms with Crippen molar-refractivity contribution in [3.63, 3.8) is 0 Å². The van der Waals surface area contributed by atoms with E-state index in [1.165, 1.54) is 10.7 Å². The van der Waals surface area contributed by atoms with E-state index in [2.05, 4.69) is 5.10 Å². The van der Waals surface area contributed by atoms with Crippen molar-refractivity contribution in [2.24, 2.45) is 0 Å². The summed E-state index contributed by atoms with van der Waals surface area (Å²) in [7, 11) is 0. The van der Waals surface area contributed by atoms with Crippen LogP contribution in [-0.4, -0.2) is 9.78 Å². The van der Waals surface area contributed by atoms with E-state index in [0.29, 0.717) is 17.3 Å². The Balaban J connectivity index is 2.04. The second-order valence-electron chi connectivity index (χ2n) is 4.69. The van der Waals surface area contributed by atoms with Crippen LogP contribution in [0.25, 0.3) is 11.3 Å². The maximum Gasteiger partial charge on any atom is 0.268 e. The van der Waals surface area contributed by atoms with Gasteiger partial charge in [-0.15, -0.1) is 0 Å². The summed E-state index contributed by atoms with van der Waals surface area (Å²) in [6.07, 6.45) is 0. The molecule has 0 N–H and O–H groups in total. The number of benzene rings is 2. The van der Waals surface area contributed by atoms with Gasteiger partial charge in [0.2, 0.25) is 0 Å². The lowest BCUT2D eigenvalue weighted by Crippen LogP contribution is -2.23. The van der Waals surface area contributed by atoms with Gasteiger partial charge >= 0.3 is 0 Å². The van der Waals surface area contributed by atoms with Crippen LogP contribution < -0.4 is 5.56 Å². The molecule has 0 unspecified atom stereocenters. The second kappa shape index (κ2) is 5.94. The van der Waals surface area contributed by atoms with Crippen molar-refractivity contribution in [1.82, 2.24) is 9.78 Å². The van der Waals surface area contributed by atoms with Gasteiger partial charge in [-0.3, -0.25) is 4.79 Å². The van der Waals surface area contributed by atoms with Gasteiger partial charge in [0.25, 0.3) is 5.56 Å². The summed E-state index contributed by atoms with van der Waals surface area (Å²) < 4.78 is 1.43. The van der Waals surface area contributed by atoms with Gasteiger partial charge in [0.1, 0.15) is 5.69 Å². The molecule has 3 nitrogen and oxygen atoms in total. The molecular formula is C17H13ClN2O. The Morgan fingerprint density at radius 2 is 1.57 bits per heavy atom. The van der Waals surface area contributed by atoms with Crippen molar-refractivity contribution in [3.05, 3.63) is 87.7 Å². The van der Waals surface area contributed by atoms with Gasteiger partial charge in [-0.05, 0) is 5.56 Å². The fraction of sp³-hybridized carbons (Fsp3) is 0.0588. The standard InChI is InChI=1S/C17H13ClN2O/c18-15-11-16(21)20(12-13-7-3-1-4-8-13)19-17(15)14-9-5-2-6-10-14/h1-11H,12H2. The van der Waals surface area contributed by atoms with Crippen LogP contribution in [0.4, 0.5) is 0 Å². The number of hydrogen-bond donors (Lipinski definition) is 0. The van der Waals surface area contributed by atoms with Crippen LogP contribution in [0.5, 0.6) is 0 Å². The van der Waals surface area contributed by atoms with Crippen LogP contribution in [0, 0.1) is 0 Å². The molecule has 0 amide bonds. The minimum absolute atomic E-state index is 0.205. The van der Waals surface area contributed by atoms with E-state index < -0.39 is 0 Å². The lowest BCUT2D eigenvalue weighted by Gasteiger charge is -2.09. The van der Waals surface area contributed by atoms with E-state index in [1.54, 1.807) is 0 Å². The highest BCUT2D eigenvalue weighted by Gasteiger charge is 2.09. The third-order valence-corrected chi connectivity index (χ3v) is 3.46. The molecule has 0 aliphatic rings. The molecule has 0 aliphatic heterocycles. The van der Waals surface area contributed by atoms with Gasteiger partial charge in [0.15, 0.2) is 0 Å². The lowest BCUT2D eigenvalue weighted by molar-refractivity contribution is 0.643.